The molecule has 0 aromatic carbocycles. The fourth-order valence-corrected chi connectivity index (χ4v) is 1.86. The molecule has 0 spiro atoms. The van der Waals surface area contributed by atoms with Crippen LogP contribution in [0.3, 0.4) is 0 Å². The first-order valence-electron chi connectivity index (χ1n) is 6.18. The third-order valence-electron chi connectivity index (χ3n) is 2.79. The second-order valence-electron chi connectivity index (χ2n) is 4.38. The van der Waals surface area contributed by atoms with Crippen LogP contribution < -0.4 is 0 Å². The number of aryl methyl sites for hydroxylation is 2. The Morgan fingerprint density at radius 1 is 1.39 bits per heavy atom. The van der Waals surface area contributed by atoms with Crippen molar-refractivity contribution < 1.29 is 5.11 Å². The van der Waals surface area contributed by atoms with Crippen LogP contribution in [-0.2, 0) is 13.0 Å². The lowest BCUT2D eigenvalue weighted by atomic mass is 10.1. The molecule has 1 atom stereocenters. The fourth-order valence-electron chi connectivity index (χ4n) is 1.86. The van der Waals surface area contributed by atoms with E-state index >= 15 is 0 Å². The molecule has 1 N–H and O–H groups in total. The van der Waals surface area contributed by atoms with Crippen molar-refractivity contribution in [3.63, 3.8) is 0 Å². The van der Waals surface area contributed by atoms with Crippen molar-refractivity contribution in [3.05, 3.63) is 41.7 Å². The zero-order valence-electron chi connectivity index (χ0n) is 10.7. The second-order valence-corrected chi connectivity index (χ2v) is 4.38. The molecule has 0 amide bonds. The third-order valence-corrected chi connectivity index (χ3v) is 2.79. The van der Waals surface area contributed by atoms with Crippen molar-refractivity contribution in [2.75, 3.05) is 0 Å². The Labute approximate surface area is 107 Å². The van der Waals surface area contributed by atoms with Gasteiger partial charge in [0, 0.05) is 19.2 Å². The molecule has 5 nitrogen and oxygen atoms in total. The monoisotopic (exact) mass is 246 g/mol. The number of aromatic nitrogens is 4. The maximum atomic E-state index is 10.2. The summed E-state index contributed by atoms with van der Waals surface area (Å²) in [6.45, 7) is 4.89. The highest BCUT2D eigenvalue weighted by Gasteiger charge is 2.14. The zero-order valence-corrected chi connectivity index (χ0v) is 10.7. The van der Waals surface area contributed by atoms with E-state index in [1.54, 1.807) is 6.20 Å². The van der Waals surface area contributed by atoms with E-state index in [-0.39, 0.29) is 0 Å². The molecule has 0 aliphatic rings. The minimum Gasteiger partial charge on any atom is -0.386 e. The third kappa shape index (κ3) is 2.92. The lowest BCUT2D eigenvalue weighted by Crippen LogP contribution is -2.11. The van der Waals surface area contributed by atoms with Crippen molar-refractivity contribution >= 4 is 0 Å². The zero-order chi connectivity index (χ0) is 13.0. The molecule has 0 saturated heterocycles. The number of pyridine rings is 1. The van der Waals surface area contributed by atoms with Gasteiger partial charge in [-0.1, -0.05) is 6.92 Å². The minimum atomic E-state index is -0.635. The molecule has 5 heteroatoms. The normalized spacial score (nSPS) is 12.6. The molecule has 18 heavy (non-hydrogen) atoms. The van der Waals surface area contributed by atoms with Crippen LogP contribution in [0.5, 0.6) is 0 Å². The van der Waals surface area contributed by atoms with Crippen LogP contribution in [0.2, 0.25) is 0 Å². The highest BCUT2D eigenvalue weighted by atomic mass is 16.3. The van der Waals surface area contributed by atoms with Gasteiger partial charge in [0.05, 0.1) is 5.69 Å². The number of nitrogens with zero attached hydrogens (tertiary/aromatic N) is 4. The van der Waals surface area contributed by atoms with Crippen LogP contribution in [0.25, 0.3) is 0 Å². The standard InChI is InChI=1S/C13H18N4O/c1-3-6-17-13(15-9-16-17)8-12(18)11-7-10(2)4-5-14-11/h4-5,7,9,12,18H,3,6,8H2,1-2H3. The lowest BCUT2D eigenvalue weighted by Gasteiger charge is -2.11. The van der Waals surface area contributed by atoms with Crippen molar-refractivity contribution in [3.8, 4) is 0 Å². The summed E-state index contributed by atoms with van der Waals surface area (Å²) in [6.07, 6.45) is 4.04. The molecule has 0 fully saturated rings. The van der Waals surface area contributed by atoms with Gasteiger partial charge in [0.15, 0.2) is 0 Å². The minimum absolute atomic E-state index is 0.441. The summed E-state index contributed by atoms with van der Waals surface area (Å²) in [4.78, 5) is 8.38. The van der Waals surface area contributed by atoms with E-state index in [9.17, 15) is 5.11 Å². The van der Waals surface area contributed by atoms with Crippen LogP contribution in [0, 0.1) is 6.92 Å². The molecular formula is C13H18N4O. The van der Waals surface area contributed by atoms with Gasteiger partial charge in [-0.05, 0) is 31.0 Å². The van der Waals surface area contributed by atoms with Crippen molar-refractivity contribution in [2.45, 2.75) is 39.3 Å². The largest absolute Gasteiger partial charge is 0.386 e. The smallest absolute Gasteiger partial charge is 0.138 e. The van der Waals surface area contributed by atoms with Crippen LogP contribution in [0.1, 0.15) is 36.5 Å². The van der Waals surface area contributed by atoms with Crippen LogP contribution in [0.4, 0.5) is 0 Å². The number of aliphatic hydroxyl groups excluding tert-OH is 1. The van der Waals surface area contributed by atoms with Crippen molar-refractivity contribution in [1.82, 2.24) is 19.7 Å². The first-order chi connectivity index (χ1) is 8.70. The van der Waals surface area contributed by atoms with Crippen molar-refractivity contribution in [1.29, 1.82) is 0 Å². The molecule has 2 heterocycles. The van der Waals surface area contributed by atoms with Gasteiger partial charge in [0.25, 0.3) is 0 Å². The van der Waals surface area contributed by atoms with E-state index in [2.05, 4.69) is 22.0 Å². The van der Waals surface area contributed by atoms with E-state index in [1.165, 1.54) is 6.33 Å². The maximum absolute atomic E-state index is 10.2. The van der Waals surface area contributed by atoms with E-state index in [4.69, 9.17) is 0 Å². The quantitative estimate of drug-likeness (QED) is 0.871. The Kier molecular flexibility index (Phi) is 4.04. The van der Waals surface area contributed by atoms with Crippen LogP contribution in [0.15, 0.2) is 24.7 Å². The Bertz CT molecular complexity index is 509. The average Bonchev–Trinajstić information content (AvgIpc) is 2.77. The number of rotatable bonds is 5. The Balaban J connectivity index is 2.11. The van der Waals surface area contributed by atoms with E-state index < -0.39 is 6.10 Å². The molecule has 2 aromatic heterocycles. The summed E-state index contributed by atoms with van der Waals surface area (Å²) >= 11 is 0. The molecule has 0 radical (unpaired) electrons. The van der Waals surface area contributed by atoms with Gasteiger partial charge in [-0.25, -0.2) is 4.98 Å². The SMILES string of the molecule is CCCn1ncnc1CC(O)c1cc(C)ccn1. The summed E-state index contributed by atoms with van der Waals surface area (Å²) in [5.41, 5.74) is 1.77. The predicted octanol–water partition coefficient (Wildman–Crippen LogP) is 1.67. The highest BCUT2D eigenvalue weighted by molar-refractivity contribution is 5.16. The highest BCUT2D eigenvalue weighted by Crippen LogP contribution is 2.15. The molecule has 0 aliphatic heterocycles. The fraction of sp³-hybridized carbons (Fsp3) is 0.462. The molecule has 0 bridgehead atoms. The van der Waals surface area contributed by atoms with Gasteiger partial charge in [-0.15, -0.1) is 0 Å². The number of hydrogen-bond acceptors (Lipinski definition) is 4. The first-order valence-corrected chi connectivity index (χ1v) is 6.18. The maximum Gasteiger partial charge on any atom is 0.138 e. The number of aliphatic hydroxyl groups is 1. The lowest BCUT2D eigenvalue weighted by molar-refractivity contribution is 0.169. The Hall–Kier alpha value is -1.75. The average molecular weight is 246 g/mol. The van der Waals surface area contributed by atoms with Gasteiger partial charge in [0.1, 0.15) is 18.3 Å². The van der Waals surface area contributed by atoms with Gasteiger partial charge < -0.3 is 5.11 Å². The topological polar surface area (TPSA) is 63.8 Å². The van der Waals surface area contributed by atoms with Gasteiger partial charge in [-0.2, -0.15) is 5.10 Å². The van der Waals surface area contributed by atoms with Gasteiger partial charge in [-0.3, -0.25) is 9.67 Å². The summed E-state index contributed by atoms with van der Waals surface area (Å²) in [5.74, 6) is 0.799. The second kappa shape index (κ2) is 5.73. The van der Waals surface area contributed by atoms with Crippen LogP contribution >= 0.6 is 0 Å². The molecule has 0 saturated carbocycles. The van der Waals surface area contributed by atoms with E-state index in [0.717, 1.165) is 24.4 Å². The number of hydrogen-bond donors (Lipinski definition) is 1. The molecule has 0 aliphatic carbocycles. The summed E-state index contributed by atoms with van der Waals surface area (Å²) < 4.78 is 1.83. The Morgan fingerprint density at radius 2 is 2.22 bits per heavy atom. The van der Waals surface area contributed by atoms with E-state index in [0.29, 0.717) is 12.1 Å². The van der Waals surface area contributed by atoms with Gasteiger partial charge >= 0.3 is 0 Å². The molecule has 2 aromatic rings. The molecule has 96 valence electrons. The van der Waals surface area contributed by atoms with E-state index in [1.807, 2.05) is 23.7 Å². The van der Waals surface area contributed by atoms with Gasteiger partial charge in [0.2, 0.25) is 0 Å². The first kappa shape index (κ1) is 12.7. The van der Waals surface area contributed by atoms with Crippen LogP contribution in [-0.4, -0.2) is 24.9 Å². The molecule has 1 unspecified atom stereocenters. The summed E-state index contributed by atoms with van der Waals surface area (Å²) in [5, 5.41) is 14.3. The molecular weight excluding hydrogens is 228 g/mol. The Morgan fingerprint density at radius 3 is 2.94 bits per heavy atom. The van der Waals surface area contributed by atoms with Crippen molar-refractivity contribution in [2.24, 2.45) is 0 Å². The summed E-state index contributed by atoms with van der Waals surface area (Å²) in [6, 6.07) is 3.81. The summed E-state index contributed by atoms with van der Waals surface area (Å²) in [7, 11) is 0. The molecule has 2 rings (SSSR count). The predicted molar refractivity (Wildman–Crippen MR) is 68.0 cm³/mol.